The van der Waals surface area contributed by atoms with E-state index in [1.54, 1.807) is 52.0 Å². The first-order valence-corrected chi connectivity index (χ1v) is 12.6. The smallest absolute Gasteiger partial charge is 0.331 e. The molecule has 0 radical (unpaired) electrons. The van der Waals surface area contributed by atoms with E-state index in [-0.39, 0.29) is 48.4 Å². The van der Waals surface area contributed by atoms with Gasteiger partial charge in [-0.25, -0.2) is 4.79 Å². The predicted molar refractivity (Wildman–Crippen MR) is 143 cm³/mol. The minimum absolute atomic E-state index is 0.0502. The van der Waals surface area contributed by atoms with Crippen LogP contribution in [0.4, 0.5) is 0 Å². The van der Waals surface area contributed by atoms with E-state index in [4.69, 9.17) is 9.57 Å². The molecule has 1 heterocycles. The van der Waals surface area contributed by atoms with Crippen molar-refractivity contribution in [3.05, 3.63) is 62.4 Å². The van der Waals surface area contributed by atoms with Crippen molar-refractivity contribution in [3.63, 3.8) is 0 Å². The summed E-state index contributed by atoms with van der Waals surface area (Å²) < 4.78 is 8.15. The number of rotatable bonds is 12. The maximum absolute atomic E-state index is 13.4. The molecule has 0 aliphatic carbocycles. The number of benzene rings is 1. The molecule has 2 atom stereocenters. The Hall–Kier alpha value is -3.40. The van der Waals surface area contributed by atoms with Gasteiger partial charge in [-0.1, -0.05) is 37.2 Å². The first kappa shape index (κ1) is 29.8. The molecule has 10 heteroatoms. The predicted octanol–water partition coefficient (Wildman–Crippen LogP) is 2.84. The Bertz CT molecular complexity index is 1210. The first-order chi connectivity index (χ1) is 17.3. The van der Waals surface area contributed by atoms with Crippen LogP contribution in [0, 0.1) is 5.92 Å². The van der Waals surface area contributed by atoms with E-state index in [9.17, 15) is 19.5 Å². The molecular weight excluding hydrogens is 476 g/mol. The van der Waals surface area contributed by atoms with Gasteiger partial charge in [0, 0.05) is 23.7 Å². The van der Waals surface area contributed by atoms with Gasteiger partial charge in [-0.15, -0.1) is 0 Å². The third-order valence-corrected chi connectivity index (χ3v) is 5.41. The minimum Gasteiger partial charge on any atom is -0.491 e. The molecule has 204 valence electrons. The van der Waals surface area contributed by atoms with Gasteiger partial charge in [0.15, 0.2) is 0 Å². The molecule has 1 aromatic heterocycles. The summed E-state index contributed by atoms with van der Waals surface area (Å²) in [6.45, 7) is 14.1. The van der Waals surface area contributed by atoms with Crippen LogP contribution in [0.15, 0.2) is 45.2 Å². The lowest BCUT2D eigenvalue weighted by Crippen LogP contribution is -2.48. The average molecular weight is 517 g/mol. The zero-order chi connectivity index (χ0) is 27.9. The lowest BCUT2D eigenvalue weighted by atomic mass is 10.1. The summed E-state index contributed by atoms with van der Waals surface area (Å²) in [5.41, 5.74) is -0.204. The van der Waals surface area contributed by atoms with Gasteiger partial charge in [0.25, 0.3) is 5.56 Å². The Labute approximate surface area is 217 Å². The van der Waals surface area contributed by atoms with Crippen LogP contribution in [0.1, 0.15) is 72.6 Å². The highest BCUT2D eigenvalue weighted by Crippen LogP contribution is 2.26. The molecule has 2 N–H and O–H groups in total. The summed E-state index contributed by atoms with van der Waals surface area (Å²) >= 11 is 0. The molecule has 37 heavy (non-hydrogen) atoms. The number of nitrogens with one attached hydrogen (secondary N) is 1. The number of carbonyl (C=O) groups excluding carboxylic acids is 1. The summed E-state index contributed by atoms with van der Waals surface area (Å²) in [5, 5.41) is 17.9. The van der Waals surface area contributed by atoms with Gasteiger partial charge in [-0.2, -0.15) is 0 Å². The Morgan fingerprint density at radius 1 is 1.03 bits per heavy atom. The Morgan fingerprint density at radius 2 is 1.68 bits per heavy atom. The van der Waals surface area contributed by atoms with Gasteiger partial charge >= 0.3 is 5.69 Å². The first-order valence-electron chi connectivity index (χ1n) is 12.6. The van der Waals surface area contributed by atoms with Crippen molar-refractivity contribution in [2.24, 2.45) is 11.1 Å². The van der Waals surface area contributed by atoms with Crippen molar-refractivity contribution in [2.75, 3.05) is 0 Å². The fraction of sp³-hybridized carbons (Fsp3) is 0.556. The number of nitrogens with zero attached hydrogens (tertiary/aromatic N) is 3. The molecule has 2 rings (SSSR count). The molecule has 0 spiro atoms. The second-order valence-corrected chi connectivity index (χ2v) is 10.0. The number of aliphatic hydroxyl groups excluding tert-OH is 1. The van der Waals surface area contributed by atoms with Crippen molar-refractivity contribution < 1.29 is 19.5 Å². The highest BCUT2D eigenvalue weighted by atomic mass is 16.6. The lowest BCUT2D eigenvalue weighted by Gasteiger charge is -2.21. The van der Waals surface area contributed by atoms with E-state index in [1.165, 1.54) is 10.8 Å². The monoisotopic (exact) mass is 516 g/mol. The van der Waals surface area contributed by atoms with E-state index in [2.05, 4.69) is 10.5 Å². The molecule has 1 aromatic carbocycles. The second-order valence-electron chi connectivity index (χ2n) is 10.0. The molecule has 1 unspecified atom stereocenters. The van der Waals surface area contributed by atoms with Gasteiger partial charge in [0.05, 0.1) is 30.5 Å². The van der Waals surface area contributed by atoms with Crippen LogP contribution in [0.3, 0.4) is 0 Å². The fourth-order valence-electron chi connectivity index (χ4n) is 3.56. The number of carbonyl (C=O) groups is 1. The summed E-state index contributed by atoms with van der Waals surface area (Å²) in [6, 6.07) is 6.59. The standard InChI is InChI=1S/C27H40N4O6/c1-16(2)25(33)28-19(7)13-31-26(34)22(20(8)29-37-18(5)6)14-30(27(31)35)15-23(32)21-11-9-10-12-24(21)36-17(3)4/h9-12,14,16-19,23,32H,13,15H2,1-8H3,(H,28,33)/b29-20+/t19-,23?/m0/s1. The summed E-state index contributed by atoms with van der Waals surface area (Å²) in [5.74, 6) is 0.0879. The maximum atomic E-state index is 13.4. The highest BCUT2D eigenvalue weighted by Gasteiger charge is 2.21. The van der Waals surface area contributed by atoms with E-state index in [0.29, 0.717) is 11.3 Å². The molecule has 0 bridgehead atoms. The zero-order valence-electron chi connectivity index (χ0n) is 23.0. The quantitative estimate of drug-likeness (QED) is 0.330. The molecule has 1 amide bonds. The largest absolute Gasteiger partial charge is 0.491 e. The molecule has 2 aromatic rings. The second kappa shape index (κ2) is 13.2. The number of hydrogen-bond donors (Lipinski definition) is 2. The van der Waals surface area contributed by atoms with Crippen molar-refractivity contribution in [1.82, 2.24) is 14.5 Å². The number of oxime groups is 1. The topological polar surface area (TPSA) is 124 Å². The Balaban J connectivity index is 2.54. The van der Waals surface area contributed by atoms with Crippen LogP contribution in [0.2, 0.25) is 0 Å². The van der Waals surface area contributed by atoms with Crippen LogP contribution in [0.5, 0.6) is 5.75 Å². The van der Waals surface area contributed by atoms with Gasteiger partial charge in [-0.3, -0.25) is 18.7 Å². The van der Waals surface area contributed by atoms with E-state index < -0.39 is 23.4 Å². The summed E-state index contributed by atoms with van der Waals surface area (Å²) in [4.78, 5) is 44.2. The Morgan fingerprint density at radius 3 is 2.27 bits per heavy atom. The minimum atomic E-state index is -1.09. The summed E-state index contributed by atoms with van der Waals surface area (Å²) in [6.07, 6.45) is -0.00911. The van der Waals surface area contributed by atoms with E-state index in [0.717, 1.165) is 4.57 Å². The van der Waals surface area contributed by atoms with Gasteiger partial charge in [0.1, 0.15) is 18.0 Å². The number of aliphatic hydroxyl groups is 1. The average Bonchev–Trinajstić information content (AvgIpc) is 2.81. The van der Waals surface area contributed by atoms with Crippen LogP contribution < -0.4 is 21.3 Å². The SMILES string of the molecule is C/C(=N\OC(C)C)c1cn(CC(O)c2ccccc2OC(C)C)c(=O)n(C[C@H](C)NC(=O)C(C)C)c1=O. The normalized spacial score (nSPS) is 13.7. The number of para-hydroxylation sites is 1. The molecule has 0 saturated carbocycles. The van der Waals surface area contributed by atoms with Crippen molar-refractivity contribution in [2.45, 2.75) is 92.8 Å². The van der Waals surface area contributed by atoms with Crippen LogP contribution in [0.25, 0.3) is 0 Å². The van der Waals surface area contributed by atoms with E-state index in [1.807, 2.05) is 27.7 Å². The summed E-state index contributed by atoms with van der Waals surface area (Å²) in [7, 11) is 0. The van der Waals surface area contributed by atoms with Crippen molar-refractivity contribution in [3.8, 4) is 5.75 Å². The van der Waals surface area contributed by atoms with Crippen LogP contribution in [-0.4, -0.2) is 44.1 Å². The number of aromatic nitrogens is 2. The highest BCUT2D eigenvalue weighted by molar-refractivity contribution is 5.97. The lowest BCUT2D eigenvalue weighted by molar-refractivity contribution is -0.124. The Kier molecular flexibility index (Phi) is 10.7. The molecular formula is C27H40N4O6. The maximum Gasteiger partial charge on any atom is 0.331 e. The molecule has 0 fully saturated rings. The third-order valence-electron chi connectivity index (χ3n) is 5.41. The van der Waals surface area contributed by atoms with Crippen molar-refractivity contribution >= 4 is 11.6 Å². The van der Waals surface area contributed by atoms with E-state index >= 15 is 0 Å². The molecule has 0 saturated heterocycles. The fourth-order valence-corrected chi connectivity index (χ4v) is 3.56. The van der Waals surface area contributed by atoms with Gasteiger partial charge < -0.3 is 20.0 Å². The number of ether oxygens (including phenoxy) is 1. The number of amides is 1. The molecule has 0 aliphatic heterocycles. The van der Waals surface area contributed by atoms with Crippen LogP contribution >= 0.6 is 0 Å². The van der Waals surface area contributed by atoms with Gasteiger partial charge in [-0.05, 0) is 47.6 Å². The molecule has 0 aliphatic rings. The zero-order valence-corrected chi connectivity index (χ0v) is 23.0. The van der Waals surface area contributed by atoms with Gasteiger partial charge in [0.2, 0.25) is 5.91 Å². The third kappa shape index (κ3) is 8.31. The van der Waals surface area contributed by atoms with Crippen molar-refractivity contribution in [1.29, 1.82) is 0 Å². The molecule has 10 nitrogen and oxygen atoms in total. The number of hydrogen-bond acceptors (Lipinski definition) is 7. The van der Waals surface area contributed by atoms with Crippen LogP contribution in [-0.2, 0) is 22.7 Å².